The van der Waals surface area contributed by atoms with Gasteiger partial charge in [-0.15, -0.1) is 10.2 Å². The lowest BCUT2D eigenvalue weighted by Gasteiger charge is -2.11. The van der Waals surface area contributed by atoms with Crippen LogP contribution < -0.4 is 10.6 Å². The molecule has 2 aromatic rings. The Labute approximate surface area is 135 Å². The Morgan fingerprint density at radius 3 is 2.70 bits per heavy atom. The topological polar surface area (TPSA) is 84.7 Å². The van der Waals surface area contributed by atoms with Crippen LogP contribution in [-0.4, -0.2) is 39.0 Å². The molecule has 7 heteroatoms. The lowest BCUT2D eigenvalue weighted by atomic mass is 10.1. The van der Waals surface area contributed by atoms with Crippen LogP contribution in [0.4, 0.5) is 5.82 Å². The molecule has 3 rings (SSSR count). The summed E-state index contributed by atoms with van der Waals surface area (Å²) in [6.07, 6.45) is 6.26. The molecule has 1 amide bonds. The molecule has 0 unspecified atom stereocenters. The van der Waals surface area contributed by atoms with E-state index in [1.807, 2.05) is 31.3 Å². The van der Waals surface area contributed by atoms with E-state index in [0.29, 0.717) is 24.7 Å². The predicted molar refractivity (Wildman–Crippen MR) is 87.3 cm³/mol. The highest BCUT2D eigenvalue weighted by Crippen LogP contribution is 2.24. The SMILES string of the molecule is Cc1ccn(-c2ccc(NCCNC(=O)C3CCCC3)nn2)n1. The van der Waals surface area contributed by atoms with Crippen LogP contribution in [0, 0.1) is 12.8 Å². The van der Waals surface area contributed by atoms with Gasteiger partial charge in [0.25, 0.3) is 0 Å². The third-order valence-electron chi connectivity index (χ3n) is 4.06. The van der Waals surface area contributed by atoms with Gasteiger partial charge in [-0.2, -0.15) is 5.10 Å². The Balaban J connectivity index is 1.43. The molecule has 1 saturated carbocycles. The molecule has 0 saturated heterocycles. The van der Waals surface area contributed by atoms with Crippen LogP contribution in [0.5, 0.6) is 0 Å². The third kappa shape index (κ3) is 4.06. The second-order valence-corrected chi connectivity index (χ2v) is 5.88. The van der Waals surface area contributed by atoms with Gasteiger partial charge in [-0.3, -0.25) is 4.79 Å². The Morgan fingerprint density at radius 1 is 1.22 bits per heavy atom. The number of nitrogens with zero attached hydrogens (tertiary/aromatic N) is 4. The van der Waals surface area contributed by atoms with E-state index in [4.69, 9.17) is 0 Å². The molecule has 23 heavy (non-hydrogen) atoms. The molecule has 1 fully saturated rings. The van der Waals surface area contributed by atoms with E-state index in [1.54, 1.807) is 4.68 Å². The molecule has 0 aliphatic heterocycles. The lowest BCUT2D eigenvalue weighted by Crippen LogP contribution is -2.33. The van der Waals surface area contributed by atoms with Gasteiger partial charge in [-0.05, 0) is 38.0 Å². The van der Waals surface area contributed by atoms with Crippen LogP contribution in [0.1, 0.15) is 31.4 Å². The maximum absolute atomic E-state index is 11.9. The number of carbonyl (C=O) groups is 1. The highest BCUT2D eigenvalue weighted by molar-refractivity contribution is 5.78. The molecule has 2 heterocycles. The van der Waals surface area contributed by atoms with Crippen molar-refractivity contribution >= 4 is 11.7 Å². The fourth-order valence-corrected chi connectivity index (χ4v) is 2.79. The molecule has 122 valence electrons. The summed E-state index contributed by atoms with van der Waals surface area (Å²) < 4.78 is 1.69. The van der Waals surface area contributed by atoms with E-state index in [1.165, 1.54) is 12.8 Å². The van der Waals surface area contributed by atoms with Crippen LogP contribution in [-0.2, 0) is 4.79 Å². The number of nitrogens with one attached hydrogen (secondary N) is 2. The van der Waals surface area contributed by atoms with Crippen LogP contribution >= 0.6 is 0 Å². The summed E-state index contributed by atoms with van der Waals surface area (Å²) in [6, 6.07) is 5.64. The molecule has 2 N–H and O–H groups in total. The van der Waals surface area contributed by atoms with Gasteiger partial charge in [0, 0.05) is 25.2 Å². The molecule has 1 aliphatic carbocycles. The Kier molecular flexibility index (Phi) is 4.85. The van der Waals surface area contributed by atoms with E-state index in [0.717, 1.165) is 18.5 Å². The zero-order valence-corrected chi connectivity index (χ0v) is 13.3. The van der Waals surface area contributed by atoms with Crippen molar-refractivity contribution in [3.63, 3.8) is 0 Å². The molecule has 0 spiro atoms. The zero-order chi connectivity index (χ0) is 16.1. The minimum atomic E-state index is 0.180. The number of carbonyl (C=O) groups excluding carboxylic acids is 1. The van der Waals surface area contributed by atoms with E-state index < -0.39 is 0 Å². The third-order valence-corrected chi connectivity index (χ3v) is 4.06. The van der Waals surface area contributed by atoms with Crippen molar-refractivity contribution in [2.45, 2.75) is 32.6 Å². The Bertz CT molecular complexity index is 645. The number of hydrogen-bond acceptors (Lipinski definition) is 5. The smallest absolute Gasteiger partial charge is 0.223 e. The minimum Gasteiger partial charge on any atom is -0.367 e. The standard InChI is InChI=1S/C16H22N6O/c1-12-8-11-22(21-12)15-7-6-14(19-20-15)17-9-10-18-16(23)13-4-2-3-5-13/h6-8,11,13H,2-5,9-10H2,1H3,(H,17,19)(H,18,23). The van der Waals surface area contributed by atoms with Crippen molar-refractivity contribution in [1.82, 2.24) is 25.3 Å². The number of aromatic nitrogens is 4. The fourth-order valence-electron chi connectivity index (χ4n) is 2.79. The summed E-state index contributed by atoms with van der Waals surface area (Å²) >= 11 is 0. The summed E-state index contributed by atoms with van der Waals surface area (Å²) in [6.45, 7) is 3.16. The molecule has 7 nitrogen and oxygen atoms in total. The Hall–Kier alpha value is -2.44. The quantitative estimate of drug-likeness (QED) is 0.793. The normalized spacial score (nSPS) is 14.8. The first-order valence-corrected chi connectivity index (χ1v) is 8.10. The van der Waals surface area contributed by atoms with Gasteiger partial charge in [0.1, 0.15) is 5.82 Å². The summed E-state index contributed by atoms with van der Waals surface area (Å²) in [5.41, 5.74) is 0.937. The first-order valence-electron chi connectivity index (χ1n) is 8.10. The van der Waals surface area contributed by atoms with Gasteiger partial charge >= 0.3 is 0 Å². The zero-order valence-electron chi connectivity index (χ0n) is 13.3. The molecule has 2 aromatic heterocycles. The summed E-state index contributed by atoms with van der Waals surface area (Å²) in [7, 11) is 0. The van der Waals surface area contributed by atoms with Crippen molar-refractivity contribution in [3.8, 4) is 5.82 Å². The largest absolute Gasteiger partial charge is 0.367 e. The van der Waals surface area contributed by atoms with Crippen LogP contribution in [0.15, 0.2) is 24.4 Å². The van der Waals surface area contributed by atoms with Gasteiger partial charge in [-0.25, -0.2) is 4.68 Å². The highest BCUT2D eigenvalue weighted by Gasteiger charge is 2.21. The van der Waals surface area contributed by atoms with Crippen LogP contribution in [0.3, 0.4) is 0 Å². The fraction of sp³-hybridized carbons (Fsp3) is 0.500. The maximum atomic E-state index is 11.9. The van der Waals surface area contributed by atoms with Gasteiger partial charge in [0.2, 0.25) is 5.91 Å². The number of amides is 1. The number of aryl methyl sites for hydroxylation is 1. The molecule has 0 bridgehead atoms. The first-order chi connectivity index (χ1) is 11.2. The second kappa shape index (κ2) is 7.21. The first kappa shape index (κ1) is 15.5. The number of anilines is 1. The van der Waals surface area contributed by atoms with Crippen LogP contribution in [0.2, 0.25) is 0 Å². The van der Waals surface area contributed by atoms with Crippen molar-refractivity contribution in [2.75, 3.05) is 18.4 Å². The maximum Gasteiger partial charge on any atom is 0.223 e. The van der Waals surface area contributed by atoms with Crippen molar-refractivity contribution in [2.24, 2.45) is 5.92 Å². The molecular weight excluding hydrogens is 292 g/mol. The summed E-state index contributed by atoms with van der Waals surface area (Å²) in [5.74, 6) is 1.76. The molecule has 1 aliphatic rings. The molecule has 0 atom stereocenters. The van der Waals surface area contributed by atoms with Crippen LogP contribution in [0.25, 0.3) is 5.82 Å². The molecular formula is C16H22N6O. The van der Waals surface area contributed by atoms with E-state index >= 15 is 0 Å². The lowest BCUT2D eigenvalue weighted by molar-refractivity contribution is -0.124. The summed E-state index contributed by atoms with van der Waals surface area (Å²) in [4.78, 5) is 11.9. The average Bonchev–Trinajstić information content (AvgIpc) is 3.23. The van der Waals surface area contributed by atoms with Gasteiger partial charge in [-0.1, -0.05) is 12.8 Å². The predicted octanol–water partition coefficient (Wildman–Crippen LogP) is 1.69. The minimum absolute atomic E-state index is 0.180. The molecule has 0 radical (unpaired) electrons. The van der Waals surface area contributed by atoms with E-state index in [2.05, 4.69) is 25.9 Å². The number of rotatable bonds is 6. The highest BCUT2D eigenvalue weighted by atomic mass is 16.1. The Morgan fingerprint density at radius 2 is 2.04 bits per heavy atom. The second-order valence-electron chi connectivity index (χ2n) is 5.88. The van der Waals surface area contributed by atoms with E-state index in [9.17, 15) is 4.79 Å². The number of hydrogen-bond donors (Lipinski definition) is 2. The van der Waals surface area contributed by atoms with Gasteiger partial charge in [0.15, 0.2) is 5.82 Å². The monoisotopic (exact) mass is 314 g/mol. The van der Waals surface area contributed by atoms with Crippen molar-refractivity contribution in [1.29, 1.82) is 0 Å². The average molecular weight is 314 g/mol. The van der Waals surface area contributed by atoms with Crippen molar-refractivity contribution in [3.05, 3.63) is 30.1 Å². The van der Waals surface area contributed by atoms with Crippen molar-refractivity contribution < 1.29 is 4.79 Å². The van der Waals surface area contributed by atoms with Gasteiger partial charge in [0.05, 0.1) is 5.69 Å². The summed E-state index contributed by atoms with van der Waals surface area (Å²) in [5, 5.41) is 18.7. The molecule has 0 aromatic carbocycles. The van der Waals surface area contributed by atoms with E-state index in [-0.39, 0.29) is 11.8 Å². The van der Waals surface area contributed by atoms with Gasteiger partial charge < -0.3 is 10.6 Å².